The number of hydrogen-bond acceptors (Lipinski definition) is 3. The van der Waals surface area contributed by atoms with E-state index in [2.05, 4.69) is 15.9 Å². The predicted molar refractivity (Wildman–Crippen MR) is 116 cm³/mol. The van der Waals surface area contributed by atoms with Gasteiger partial charge >= 0.3 is 0 Å². The molecule has 0 spiro atoms. The first kappa shape index (κ1) is 19.8. The number of carbonyl (C=O) groups is 2. The van der Waals surface area contributed by atoms with Crippen molar-refractivity contribution < 1.29 is 14.7 Å². The first-order chi connectivity index (χ1) is 13.9. The van der Waals surface area contributed by atoms with Crippen molar-refractivity contribution in [3.05, 3.63) is 99.0 Å². The van der Waals surface area contributed by atoms with Gasteiger partial charge in [0.2, 0.25) is 0 Å². The summed E-state index contributed by atoms with van der Waals surface area (Å²) in [6, 6.07) is 21.2. The highest BCUT2D eigenvalue weighted by Crippen LogP contribution is 2.43. The van der Waals surface area contributed by atoms with Crippen LogP contribution in [0, 0.1) is 0 Å². The first-order valence-corrected chi connectivity index (χ1v) is 10.2. The molecule has 29 heavy (non-hydrogen) atoms. The first-order valence-electron chi connectivity index (χ1n) is 9.06. The molecule has 1 aliphatic heterocycles. The molecule has 1 unspecified atom stereocenters. The molecule has 3 aromatic rings. The van der Waals surface area contributed by atoms with Gasteiger partial charge in [0.1, 0.15) is 0 Å². The molecule has 0 fully saturated rings. The summed E-state index contributed by atoms with van der Waals surface area (Å²) in [5.74, 6) is -0.835. The number of halogens is 2. The maximum absolute atomic E-state index is 13.3. The summed E-state index contributed by atoms with van der Waals surface area (Å²) < 4.78 is 0.758. The van der Waals surface area contributed by atoms with Crippen molar-refractivity contribution in [2.75, 3.05) is 4.90 Å². The van der Waals surface area contributed by atoms with E-state index in [9.17, 15) is 14.7 Å². The van der Waals surface area contributed by atoms with E-state index < -0.39 is 11.5 Å². The van der Waals surface area contributed by atoms with Gasteiger partial charge in [-0.2, -0.15) is 0 Å². The van der Waals surface area contributed by atoms with Crippen LogP contribution in [0.3, 0.4) is 0 Å². The molecule has 1 N–H and O–H groups in total. The molecule has 0 saturated carbocycles. The van der Waals surface area contributed by atoms with Gasteiger partial charge in [0, 0.05) is 20.6 Å². The van der Waals surface area contributed by atoms with Gasteiger partial charge in [-0.15, -0.1) is 0 Å². The maximum Gasteiger partial charge on any atom is 0.264 e. The minimum absolute atomic E-state index is 0.211. The third-order valence-electron chi connectivity index (χ3n) is 5.09. The molecule has 0 radical (unpaired) electrons. The number of ketones is 1. The summed E-state index contributed by atoms with van der Waals surface area (Å²) in [5, 5.41) is 11.9. The number of aliphatic hydroxyl groups is 1. The molecular formula is C23H17BrClNO3. The van der Waals surface area contributed by atoms with Crippen LogP contribution in [0.2, 0.25) is 5.02 Å². The molecule has 6 heteroatoms. The Morgan fingerprint density at radius 3 is 2.52 bits per heavy atom. The SMILES string of the molecule is O=C(CC1(O)C(=O)N(Cc2ccccc2Cl)c2ccccc21)c1cccc(Br)c1. The van der Waals surface area contributed by atoms with E-state index in [0.717, 1.165) is 10.0 Å². The lowest BCUT2D eigenvalue weighted by molar-refractivity contribution is -0.136. The number of para-hydroxylation sites is 1. The third-order valence-corrected chi connectivity index (χ3v) is 5.95. The van der Waals surface area contributed by atoms with Crippen LogP contribution in [-0.4, -0.2) is 16.8 Å². The van der Waals surface area contributed by atoms with Crippen LogP contribution in [0.4, 0.5) is 5.69 Å². The van der Waals surface area contributed by atoms with Gasteiger partial charge in [-0.3, -0.25) is 9.59 Å². The summed E-state index contributed by atoms with van der Waals surface area (Å²) in [6.07, 6.45) is -0.335. The monoisotopic (exact) mass is 469 g/mol. The van der Waals surface area contributed by atoms with Crippen molar-refractivity contribution >= 4 is 44.9 Å². The Balaban J connectivity index is 1.70. The molecule has 1 aliphatic rings. The standard InChI is InChI=1S/C23H17BrClNO3/c24-17-8-5-7-15(12-17)21(27)13-23(29)18-9-2-4-11-20(18)26(22(23)28)14-16-6-1-3-10-19(16)25/h1-12,29H,13-14H2. The summed E-state index contributed by atoms with van der Waals surface area (Å²) in [5.41, 5.74) is 0.293. The fraction of sp³-hybridized carbons (Fsp3) is 0.130. The van der Waals surface area contributed by atoms with Crippen molar-refractivity contribution in [1.82, 2.24) is 0 Å². The van der Waals surface area contributed by atoms with E-state index in [0.29, 0.717) is 21.8 Å². The second-order valence-electron chi connectivity index (χ2n) is 6.97. The molecule has 4 rings (SSSR count). The molecule has 1 heterocycles. The van der Waals surface area contributed by atoms with E-state index in [1.54, 1.807) is 48.5 Å². The molecule has 0 aromatic heterocycles. The van der Waals surface area contributed by atoms with Gasteiger partial charge in [-0.05, 0) is 29.8 Å². The number of anilines is 1. The number of carbonyl (C=O) groups excluding carboxylic acids is 2. The zero-order chi connectivity index (χ0) is 20.6. The van der Waals surface area contributed by atoms with E-state index in [4.69, 9.17) is 11.6 Å². The summed E-state index contributed by atoms with van der Waals surface area (Å²) >= 11 is 9.61. The summed E-state index contributed by atoms with van der Waals surface area (Å²) in [6.45, 7) is 0.211. The largest absolute Gasteiger partial charge is 0.375 e. The maximum atomic E-state index is 13.3. The van der Waals surface area contributed by atoms with E-state index >= 15 is 0 Å². The molecule has 3 aromatic carbocycles. The smallest absolute Gasteiger partial charge is 0.264 e. The lowest BCUT2D eigenvalue weighted by Crippen LogP contribution is -2.41. The average molecular weight is 471 g/mol. The Hall–Kier alpha value is -2.47. The Morgan fingerprint density at radius 1 is 1.03 bits per heavy atom. The van der Waals surface area contributed by atoms with Crippen molar-refractivity contribution in [2.45, 2.75) is 18.6 Å². The van der Waals surface area contributed by atoms with Gasteiger partial charge in [-0.1, -0.05) is 76.1 Å². The Kier molecular flexibility index (Phi) is 5.30. The molecule has 146 valence electrons. The van der Waals surface area contributed by atoms with Gasteiger partial charge in [-0.25, -0.2) is 0 Å². The van der Waals surface area contributed by atoms with Crippen LogP contribution in [0.15, 0.2) is 77.3 Å². The van der Waals surface area contributed by atoms with Crippen LogP contribution in [0.1, 0.15) is 27.9 Å². The number of fused-ring (bicyclic) bond motifs is 1. The number of Topliss-reactive ketones (excluding diaryl/α,β-unsaturated/α-hetero) is 1. The normalized spacial score (nSPS) is 18.0. The zero-order valence-corrected chi connectivity index (χ0v) is 17.7. The fourth-order valence-electron chi connectivity index (χ4n) is 3.63. The van der Waals surface area contributed by atoms with Crippen molar-refractivity contribution in [1.29, 1.82) is 0 Å². The summed E-state index contributed by atoms with van der Waals surface area (Å²) in [4.78, 5) is 27.7. The predicted octanol–water partition coefficient (Wildman–Crippen LogP) is 5.11. The number of benzene rings is 3. The number of hydrogen-bond donors (Lipinski definition) is 1. The Bertz CT molecular complexity index is 1120. The van der Waals surface area contributed by atoms with E-state index in [1.807, 2.05) is 24.3 Å². The van der Waals surface area contributed by atoms with E-state index in [-0.39, 0.29) is 18.7 Å². The highest BCUT2D eigenvalue weighted by molar-refractivity contribution is 9.10. The molecule has 0 saturated heterocycles. The number of amides is 1. The zero-order valence-electron chi connectivity index (χ0n) is 15.3. The lowest BCUT2D eigenvalue weighted by atomic mass is 9.88. The topological polar surface area (TPSA) is 57.6 Å². The van der Waals surface area contributed by atoms with Crippen molar-refractivity contribution in [2.24, 2.45) is 0 Å². The Morgan fingerprint density at radius 2 is 1.76 bits per heavy atom. The Labute approximate surface area is 181 Å². The van der Waals surface area contributed by atoms with Crippen LogP contribution in [0.5, 0.6) is 0 Å². The van der Waals surface area contributed by atoms with Gasteiger partial charge in [0.25, 0.3) is 5.91 Å². The minimum atomic E-state index is -1.92. The van der Waals surface area contributed by atoms with Gasteiger partial charge < -0.3 is 10.0 Å². The molecule has 0 bridgehead atoms. The van der Waals surface area contributed by atoms with Crippen molar-refractivity contribution in [3.63, 3.8) is 0 Å². The third kappa shape index (κ3) is 3.62. The van der Waals surface area contributed by atoms with Gasteiger partial charge in [0.15, 0.2) is 11.4 Å². The molecule has 1 atom stereocenters. The lowest BCUT2D eigenvalue weighted by Gasteiger charge is -2.23. The number of rotatable bonds is 5. The molecular weight excluding hydrogens is 454 g/mol. The van der Waals surface area contributed by atoms with Crippen LogP contribution in [-0.2, 0) is 16.9 Å². The fourth-order valence-corrected chi connectivity index (χ4v) is 4.22. The minimum Gasteiger partial charge on any atom is -0.375 e. The number of nitrogens with zero attached hydrogens (tertiary/aromatic N) is 1. The summed E-state index contributed by atoms with van der Waals surface area (Å²) in [7, 11) is 0. The van der Waals surface area contributed by atoms with Crippen LogP contribution < -0.4 is 4.90 Å². The second kappa shape index (κ2) is 7.75. The van der Waals surface area contributed by atoms with E-state index in [1.165, 1.54) is 4.90 Å². The van der Waals surface area contributed by atoms with Crippen LogP contribution >= 0.6 is 27.5 Å². The molecule has 0 aliphatic carbocycles. The van der Waals surface area contributed by atoms with Gasteiger partial charge in [0.05, 0.1) is 18.7 Å². The second-order valence-corrected chi connectivity index (χ2v) is 8.29. The van der Waals surface area contributed by atoms with Crippen molar-refractivity contribution in [3.8, 4) is 0 Å². The molecule has 1 amide bonds. The quantitative estimate of drug-likeness (QED) is 0.527. The van der Waals surface area contributed by atoms with Crippen LogP contribution in [0.25, 0.3) is 0 Å². The average Bonchev–Trinajstić information content (AvgIpc) is 2.92. The highest BCUT2D eigenvalue weighted by Gasteiger charge is 2.50. The molecule has 4 nitrogen and oxygen atoms in total. The highest BCUT2D eigenvalue weighted by atomic mass is 79.9.